The van der Waals surface area contributed by atoms with Crippen molar-refractivity contribution in [1.29, 1.82) is 0 Å². The second-order valence-electron chi connectivity index (χ2n) is 4.01. The fourth-order valence-electron chi connectivity index (χ4n) is 1.85. The highest BCUT2D eigenvalue weighted by molar-refractivity contribution is 5.65. The maximum atomic E-state index is 13.4. The van der Waals surface area contributed by atoms with E-state index in [0.717, 1.165) is 24.4 Å². The van der Waals surface area contributed by atoms with E-state index >= 15 is 0 Å². The van der Waals surface area contributed by atoms with Crippen LogP contribution in [0.1, 0.15) is 11.1 Å². The molecule has 1 aromatic heterocycles. The zero-order valence-electron chi connectivity index (χ0n) is 9.83. The van der Waals surface area contributed by atoms with Crippen LogP contribution in [0.15, 0.2) is 36.5 Å². The largest absolute Gasteiger partial charge is 0.618 e. The molecule has 2 nitrogen and oxygen atoms in total. The molecule has 2 rings (SSSR count). The van der Waals surface area contributed by atoms with Crippen LogP contribution in [0.3, 0.4) is 0 Å². The topological polar surface area (TPSA) is 26.9 Å². The van der Waals surface area contributed by atoms with Crippen molar-refractivity contribution in [3.63, 3.8) is 0 Å². The second kappa shape index (κ2) is 4.53. The van der Waals surface area contributed by atoms with Gasteiger partial charge in [0.25, 0.3) is 0 Å². The molecule has 1 heterocycles. The predicted octanol–water partition coefficient (Wildman–Crippen LogP) is 3.45. The number of nitrogens with zero attached hydrogens (tertiary/aromatic N) is 1. The van der Waals surface area contributed by atoms with Crippen LogP contribution in [0.5, 0.6) is 0 Å². The van der Waals surface area contributed by atoms with Gasteiger partial charge in [0.05, 0.1) is 5.56 Å². The van der Waals surface area contributed by atoms with Crippen LogP contribution in [0, 0.1) is 17.9 Å². The van der Waals surface area contributed by atoms with Crippen molar-refractivity contribution in [2.24, 2.45) is 0 Å². The summed E-state index contributed by atoms with van der Waals surface area (Å²) >= 11 is 0. The van der Waals surface area contributed by atoms with E-state index in [4.69, 9.17) is 0 Å². The number of alkyl halides is 3. The van der Waals surface area contributed by atoms with E-state index in [-0.39, 0.29) is 15.9 Å². The zero-order chi connectivity index (χ0) is 14.2. The minimum Gasteiger partial charge on any atom is -0.618 e. The average molecular weight is 271 g/mol. The lowest BCUT2D eigenvalue weighted by Gasteiger charge is -2.13. The van der Waals surface area contributed by atoms with Crippen LogP contribution in [0.25, 0.3) is 11.3 Å². The summed E-state index contributed by atoms with van der Waals surface area (Å²) in [5, 5.41) is 11.6. The molecule has 0 saturated carbocycles. The summed E-state index contributed by atoms with van der Waals surface area (Å²) < 4.78 is 52.2. The Morgan fingerprint density at radius 2 is 1.79 bits per heavy atom. The van der Waals surface area contributed by atoms with Gasteiger partial charge in [0.15, 0.2) is 6.20 Å². The molecule has 0 fully saturated rings. The number of rotatable bonds is 1. The van der Waals surface area contributed by atoms with Crippen LogP contribution in [-0.4, -0.2) is 0 Å². The van der Waals surface area contributed by atoms with Crippen molar-refractivity contribution in [3.8, 4) is 11.3 Å². The van der Waals surface area contributed by atoms with Crippen molar-refractivity contribution in [2.45, 2.75) is 13.1 Å². The van der Waals surface area contributed by atoms with Gasteiger partial charge in [0.1, 0.15) is 11.4 Å². The Balaban J connectivity index is 2.79. The molecular weight excluding hydrogens is 262 g/mol. The quantitative estimate of drug-likeness (QED) is 0.443. The standard InChI is InChI=1S/C13H9F4NO/c1-8-9(4-2-6-11(8)14)12-10(13(15,16)17)5-3-7-18(12)19/h2-7H,1H3. The minimum absolute atomic E-state index is 0.00352. The molecule has 2 aromatic rings. The monoisotopic (exact) mass is 271 g/mol. The minimum atomic E-state index is -4.68. The van der Waals surface area contributed by atoms with Gasteiger partial charge in [-0.15, -0.1) is 0 Å². The molecule has 0 N–H and O–H groups in total. The fraction of sp³-hybridized carbons (Fsp3) is 0.154. The third kappa shape index (κ3) is 2.38. The zero-order valence-corrected chi connectivity index (χ0v) is 9.83. The molecule has 0 aliphatic rings. The number of hydrogen-bond acceptors (Lipinski definition) is 1. The lowest BCUT2D eigenvalue weighted by molar-refractivity contribution is -0.594. The van der Waals surface area contributed by atoms with E-state index in [1.807, 2.05) is 0 Å². The predicted molar refractivity (Wildman–Crippen MR) is 60.5 cm³/mol. The number of halogens is 4. The molecule has 0 aliphatic heterocycles. The lowest BCUT2D eigenvalue weighted by atomic mass is 10.0. The Labute approximate surface area is 106 Å². The Morgan fingerprint density at radius 3 is 2.42 bits per heavy atom. The normalized spacial score (nSPS) is 11.6. The summed E-state index contributed by atoms with van der Waals surface area (Å²) in [6.07, 6.45) is -3.73. The van der Waals surface area contributed by atoms with Crippen LogP contribution >= 0.6 is 0 Å². The van der Waals surface area contributed by atoms with Gasteiger partial charge in [-0.05, 0) is 30.7 Å². The first kappa shape index (κ1) is 13.3. The molecular formula is C13H9F4NO. The van der Waals surface area contributed by atoms with Crippen LogP contribution in [0.2, 0.25) is 0 Å². The second-order valence-corrected chi connectivity index (χ2v) is 4.01. The molecule has 100 valence electrons. The van der Waals surface area contributed by atoms with Gasteiger partial charge >= 0.3 is 6.18 Å². The first-order valence-electron chi connectivity index (χ1n) is 5.37. The summed E-state index contributed by atoms with van der Waals surface area (Å²) in [7, 11) is 0. The molecule has 0 aliphatic carbocycles. The number of pyridine rings is 1. The summed E-state index contributed by atoms with van der Waals surface area (Å²) in [4.78, 5) is 0. The smallest absolute Gasteiger partial charge is 0.422 e. The highest BCUT2D eigenvalue weighted by Gasteiger charge is 2.38. The van der Waals surface area contributed by atoms with Gasteiger partial charge in [-0.1, -0.05) is 6.07 Å². The highest BCUT2D eigenvalue weighted by atomic mass is 19.4. The van der Waals surface area contributed by atoms with Gasteiger partial charge in [0.2, 0.25) is 5.69 Å². The third-order valence-corrected chi connectivity index (χ3v) is 2.79. The van der Waals surface area contributed by atoms with Gasteiger partial charge < -0.3 is 5.21 Å². The molecule has 0 saturated heterocycles. The van der Waals surface area contributed by atoms with Crippen molar-refractivity contribution in [2.75, 3.05) is 0 Å². The van der Waals surface area contributed by atoms with Gasteiger partial charge in [-0.25, -0.2) is 4.39 Å². The van der Waals surface area contributed by atoms with Crippen molar-refractivity contribution in [1.82, 2.24) is 0 Å². The molecule has 0 atom stereocenters. The number of hydrogen-bond donors (Lipinski definition) is 0. The number of aromatic nitrogens is 1. The SMILES string of the molecule is Cc1c(F)cccc1-c1c(C(F)(F)F)ccc[n+]1[O-]. The first-order chi connectivity index (χ1) is 8.82. The molecule has 0 unspecified atom stereocenters. The van der Waals surface area contributed by atoms with Gasteiger partial charge in [-0.3, -0.25) is 0 Å². The van der Waals surface area contributed by atoms with Crippen molar-refractivity contribution >= 4 is 0 Å². The third-order valence-electron chi connectivity index (χ3n) is 2.79. The first-order valence-corrected chi connectivity index (χ1v) is 5.37. The van der Waals surface area contributed by atoms with E-state index < -0.39 is 23.3 Å². The maximum Gasteiger partial charge on any atom is 0.422 e. The molecule has 0 radical (unpaired) electrons. The molecule has 0 amide bonds. The van der Waals surface area contributed by atoms with E-state index in [0.29, 0.717) is 0 Å². The lowest BCUT2D eigenvalue weighted by Crippen LogP contribution is -2.32. The van der Waals surface area contributed by atoms with E-state index in [1.165, 1.54) is 19.1 Å². The van der Waals surface area contributed by atoms with E-state index in [2.05, 4.69) is 0 Å². The molecule has 6 heteroatoms. The molecule has 19 heavy (non-hydrogen) atoms. The van der Waals surface area contributed by atoms with Crippen molar-refractivity contribution < 1.29 is 22.3 Å². The summed E-state index contributed by atoms with van der Waals surface area (Å²) in [6.45, 7) is 1.33. The Morgan fingerprint density at radius 1 is 1.11 bits per heavy atom. The maximum absolute atomic E-state index is 13.4. The summed E-state index contributed by atoms with van der Waals surface area (Å²) in [6, 6.07) is 5.49. The average Bonchev–Trinajstić information content (AvgIpc) is 2.32. The molecule has 0 bridgehead atoms. The Hall–Kier alpha value is -2.11. The molecule has 1 aromatic carbocycles. The Bertz CT molecular complexity index is 623. The summed E-state index contributed by atoms with van der Waals surface area (Å²) in [5.74, 6) is -0.658. The van der Waals surface area contributed by atoms with E-state index in [1.54, 1.807) is 0 Å². The van der Waals surface area contributed by atoms with E-state index in [9.17, 15) is 22.8 Å². The molecule has 0 spiro atoms. The van der Waals surface area contributed by atoms with Crippen LogP contribution in [-0.2, 0) is 6.18 Å². The van der Waals surface area contributed by atoms with Gasteiger partial charge in [0, 0.05) is 6.07 Å². The van der Waals surface area contributed by atoms with Crippen LogP contribution < -0.4 is 4.73 Å². The number of benzene rings is 1. The van der Waals surface area contributed by atoms with Crippen LogP contribution in [0.4, 0.5) is 17.6 Å². The van der Waals surface area contributed by atoms with Crippen molar-refractivity contribution in [3.05, 3.63) is 58.7 Å². The fourth-order valence-corrected chi connectivity index (χ4v) is 1.85. The van der Waals surface area contributed by atoms with Gasteiger partial charge in [-0.2, -0.15) is 17.9 Å². The Kier molecular flexibility index (Phi) is 3.18. The summed E-state index contributed by atoms with van der Waals surface area (Å²) in [5.41, 5.74) is -1.74. The highest BCUT2D eigenvalue weighted by Crippen LogP contribution is 2.36.